The van der Waals surface area contributed by atoms with E-state index in [1.54, 1.807) is 30.3 Å². The summed E-state index contributed by atoms with van der Waals surface area (Å²) in [6.07, 6.45) is -5.50. The summed E-state index contributed by atoms with van der Waals surface area (Å²) >= 11 is 18.1. The van der Waals surface area contributed by atoms with Gasteiger partial charge in [-0.15, -0.1) is 0 Å². The van der Waals surface area contributed by atoms with Crippen LogP contribution in [-0.4, -0.2) is 17.8 Å². The minimum Gasteiger partial charge on any atom is -0.374 e. The Kier molecular flexibility index (Phi) is 6.52. The van der Waals surface area contributed by atoms with Gasteiger partial charge in [-0.2, -0.15) is 13.2 Å². The highest BCUT2D eigenvalue weighted by atomic mass is 35.5. The zero-order valence-corrected chi connectivity index (χ0v) is 19.4. The molecule has 0 aliphatic carbocycles. The number of halogens is 6. The van der Waals surface area contributed by atoms with E-state index < -0.39 is 24.1 Å². The van der Waals surface area contributed by atoms with Gasteiger partial charge in [-0.3, -0.25) is 4.79 Å². The minimum atomic E-state index is -4.84. The van der Waals surface area contributed by atoms with Crippen LogP contribution < -0.4 is 10.9 Å². The fourth-order valence-corrected chi connectivity index (χ4v) is 4.29. The summed E-state index contributed by atoms with van der Waals surface area (Å²) < 4.78 is 42.7. The lowest BCUT2D eigenvalue weighted by atomic mass is 9.86. The average Bonchev–Trinajstić information content (AvgIpc) is 3.25. The number of oxime groups is 1. The molecule has 0 spiro atoms. The Hall–Kier alpha value is -2.78. The summed E-state index contributed by atoms with van der Waals surface area (Å²) in [4.78, 5) is 17.7. The first-order chi connectivity index (χ1) is 16.0. The lowest BCUT2D eigenvalue weighted by Gasteiger charge is -2.29. The van der Waals surface area contributed by atoms with Crippen molar-refractivity contribution >= 4 is 52.1 Å². The molecule has 4 rings (SSSR count). The molecule has 1 amide bonds. The van der Waals surface area contributed by atoms with Crippen LogP contribution in [0.4, 0.5) is 18.9 Å². The van der Waals surface area contributed by atoms with Crippen molar-refractivity contribution in [3.05, 3.63) is 98.5 Å². The van der Waals surface area contributed by atoms with Gasteiger partial charge in [0.1, 0.15) is 0 Å². The van der Waals surface area contributed by atoms with Crippen LogP contribution >= 0.6 is 34.8 Å². The molecule has 1 aliphatic rings. The molecule has 34 heavy (non-hydrogen) atoms. The van der Waals surface area contributed by atoms with E-state index in [9.17, 15) is 18.0 Å². The molecule has 3 aromatic carbocycles. The van der Waals surface area contributed by atoms with E-state index in [0.717, 1.165) is 17.1 Å². The van der Waals surface area contributed by atoms with Gasteiger partial charge in [0.2, 0.25) is 0 Å². The summed E-state index contributed by atoms with van der Waals surface area (Å²) in [5.74, 6) is 5.45. The first-order valence-electron chi connectivity index (χ1n) is 9.74. The third-order valence-electron chi connectivity index (χ3n) is 5.29. The summed E-state index contributed by atoms with van der Waals surface area (Å²) in [6, 6.07) is 16.1. The molecular weight excluding hydrogens is 514 g/mol. The van der Waals surface area contributed by atoms with Crippen LogP contribution in [0.15, 0.2) is 71.9 Å². The third kappa shape index (κ3) is 4.46. The second-order valence-corrected chi connectivity index (χ2v) is 8.78. The molecule has 0 radical (unpaired) electrons. The maximum atomic E-state index is 14.2. The van der Waals surface area contributed by atoms with E-state index in [2.05, 4.69) is 5.16 Å². The van der Waals surface area contributed by atoms with Crippen molar-refractivity contribution in [2.24, 2.45) is 11.0 Å². The highest BCUT2D eigenvalue weighted by molar-refractivity contribution is 6.35. The molecule has 1 atom stereocenters. The van der Waals surface area contributed by atoms with Gasteiger partial charge in [-0.05, 0) is 42.5 Å². The van der Waals surface area contributed by atoms with Crippen LogP contribution in [-0.2, 0) is 10.4 Å². The fourth-order valence-electron chi connectivity index (χ4n) is 3.55. The van der Waals surface area contributed by atoms with Gasteiger partial charge in [0, 0.05) is 33.2 Å². The van der Waals surface area contributed by atoms with Crippen LogP contribution in [0.25, 0.3) is 0 Å². The molecule has 2 N–H and O–H groups in total. The molecule has 0 saturated heterocycles. The van der Waals surface area contributed by atoms with Gasteiger partial charge < -0.3 is 4.84 Å². The van der Waals surface area contributed by atoms with Gasteiger partial charge in [0.05, 0.1) is 16.4 Å². The smallest absolute Gasteiger partial charge is 0.374 e. The van der Waals surface area contributed by atoms with Crippen molar-refractivity contribution in [1.29, 1.82) is 0 Å². The van der Waals surface area contributed by atoms with E-state index in [1.807, 2.05) is 0 Å². The maximum Gasteiger partial charge on any atom is 0.435 e. The molecule has 3 aromatic rings. The monoisotopic (exact) mass is 527 g/mol. The summed E-state index contributed by atoms with van der Waals surface area (Å²) in [7, 11) is 0. The van der Waals surface area contributed by atoms with Crippen molar-refractivity contribution in [1.82, 2.24) is 0 Å². The van der Waals surface area contributed by atoms with Crippen molar-refractivity contribution in [2.45, 2.75) is 18.2 Å². The van der Waals surface area contributed by atoms with E-state index in [-0.39, 0.29) is 37.6 Å². The number of nitrogens with zero attached hydrogens (tertiary/aromatic N) is 2. The quantitative estimate of drug-likeness (QED) is 0.231. The highest BCUT2D eigenvalue weighted by Gasteiger charge is 2.62. The Labute approximate surface area is 207 Å². The number of rotatable bonds is 4. The molecular formula is C23H15Cl3F3N3O2. The molecule has 5 nitrogen and oxygen atoms in total. The number of alkyl halides is 3. The number of carbonyl (C=O) groups is 1. The molecule has 11 heteroatoms. The van der Waals surface area contributed by atoms with Crippen LogP contribution in [0.5, 0.6) is 0 Å². The van der Waals surface area contributed by atoms with Crippen LogP contribution in [0.3, 0.4) is 0 Å². The van der Waals surface area contributed by atoms with Crippen molar-refractivity contribution in [3.8, 4) is 0 Å². The summed E-state index contributed by atoms with van der Waals surface area (Å²) in [5.41, 5.74) is -2.46. The first-order valence-corrected chi connectivity index (χ1v) is 10.9. The number of nitrogens with two attached hydrogens (primary N) is 1. The standard InChI is InChI=1S/C23H15Cl3F3N3O2/c24-16-9-15(10-17(25)11-16)22(23(27,28)29)12-19(31-34-22)14-6-7-18(26)20(8-14)32(30)21(33)13-4-2-1-3-5-13/h1-11H,12,30H2. The number of amides is 1. The van der Waals surface area contributed by atoms with Crippen LogP contribution in [0, 0.1) is 0 Å². The Bertz CT molecular complexity index is 1270. The Morgan fingerprint density at radius 3 is 2.26 bits per heavy atom. The molecule has 0 fully saturated rings. The number of hydrogen-bond acceptors (Lipinski definition) is 4. The Morgan fingerprint density at radius 2 is 1.65 bits per heavy atom. The van der Waals surface area contributed by atoms with Crippen molar-refractivity contribution < 1.29 is 22.8 Å². The molecule has 0 aromatic heterocycles. The van der Waals surface area contributed by atoms with Gasteiger partial charge in [0.15, 0.2) is 0 Å². The second kappa shape index (κ2) is 9.11. The molecule has 1 aliphatic heterocycles. The number of anilines is 1. The number of carbonyl (C=O) groups excluding carboxylic acids is 1. The van der Waals surface area contributed by atoms with Gasteiger partial charge in [0.25, 0.3) is 11.5 Å². The SMILES string of the molecule is NN(C(=O)c1ccccc1)c1cc(C2=NOC(c3cc(Cl)cc(Cl)c3)(C(F)(F)F)C2)ccc1Cl. The molecule has 1 heterocycles. The first kappa shape index (κ1) is 24.3. The third-order valence-corrected chi connectivity index (χ3v) is 6.05. The second-order valence-electron chi connectivity index (χ2n) is 7.50. The van der Waals surface area contributed by atoms with Gasteiger partial charge in [-0.1, -0.05) is 64.2 Å². The molecule has 1 unspecified atom stereocenters. The normalized spacial score (nSPS) is 17.8. The molecule has 176 valence electrons. The predicted octanol–water partition coefficient (Wildman–Crippen LogP) is 6.75. The van der Waals surface area contributed by atoms with E-state index >= 15 is 0 Å². The minimum absolute atomic E-state index is 0.0214. The number of benzene rings is 3. The Balaban J connectivity index is 1.69. The zero-order valence-electron chi connectivity index (χ0n) is 17.1. The van der Waals surface area contributed by atoms with Crippen molar-refractivity contribution in [2.75, 3.05) is 5.01 Å². The predicted molar refractivity (Wildman–Crippen MR) is 125 cm³/mol. The van der Waals surface area contributed by atoms with Gasteiger partial charge >= 0.3 is 6.18 Å². The molecule has 0 bridgehead atoms. The van der Waals surface area contributed by atoms with E-state index in [4.69, 9.17) is 45.5 Å². The molecule has 0 saturated carbocycles. The fraction of sp³-hybridized carbons (Fsp3) is 0.130. The van der Waals surface area contributed by atoms with Crippen LogP contribution in [0.1, 0.15) is 27.9 Å². The van der Waals surface area contributed by atoms with Crippen molar-refractivity contribution in [3.63, 3.8) is 0 Å². The average molecular weight is 529 g/mol. The van der Waals surface area contributed by atoms with Crippen LogP contribution in [0.2, 0.25) is 15.1 Å². The lowest BCUT2D eigenvalue weighted by molar-refractivity contribution is -0.275. The topological polar surface area (TPSA) is 67.9 Å². The zero-order chi connectivity index (χ0) is 24.7. The van der Waals surface area contributed by atoms with Gasteiger partial charge in [-0.25, -0.2) is 10.9 Å². The highest BCUT2D eigenvalue weighted by Crippen LogP contribution is 2.50. The Morgan fingerprint density at radius 1 is 1.00 bits per heavy atom. The number of hydrazine groups is 1. The largest absolute Gasteiger partial charge is 0.435 e. The summed E-state index contributed by atoms with van der Waals surface area (Å²) in [5, 5.41) is 4.71. The lowest BCUT2D eigenvalue weighted by Crippen LogP contribution is -2.42. The number of hydrogen-bond donors (Lipinski definition) is 1. The van der Waals surface area contributed by atoms with E-state index in [1.165, 1.54) is 24.3 Å². The maximum absolute atomic E-state index is 14.2. The van der Waals surface area contributed by atoms with E-state index in [0.29, 0.717) is 5.56 Å². The summed E-state index contributed by atoms with van der Waals surface area (Å²) in [6.45, 7) is 0.